The fourth-order valence-electron chi connectivity index (χ4n) is 3.14. The summed E-state index contributed by atoms with van der Waals surface area (Å²) in [6.45, 7) is 6.12. The molecule has 0 bridgehead atoms. The topological polar surface area (TPSA) is 88.3 Å². The second kappa shape index (κ2) is 7.81. The van der Waals surface area contributed by atoms with Crippen LogP contribution in [0.1, 0.15) is 36.3 Å². The average Bonchev–Trinajstić information content (AvgIpc) is 3.18. The van der Waals surface area contributed by atoms with Crippen molar-refractivity contribution >= 4 is 11.9 Å². The Kier molecular flexibility index (Phi) is 5.48. The molecule has 0 aliphatic carbocycles. The normalized spacial score (nSPS) is 15.0. The van der Waals surface area contributed by atoms with E-state index in [4.69, 9.17) is 0 Å². The van der Waals surface area contributed by atoms with E-state index < -0.39 is 0 Å². The highest BCUT2D eigenvalue weighted by Crippen LogP contribution is 2.15. The molecule has 0 spiro atoms. The van der Waals surface area contributed by atoms with E-state index in [0.717, 1.165) is 29.9 Å². The van der Waals surface area contributed by atoms with Gasteiger partial charge in [0.25, 0.3) is 0 Å². The highest BCUT2D eigenvalue weighted by atomic mass is 16.2. The van der Waals surface area contributed by atoms with Gasteiger partial charge in [0.15, 0.2) is 0 Å². The third-order valence-electron chi connectivity index (χ3n) is 4.67. The van der Waals surface area contributed by atoms with E-state index in [1.165, 1.54) is 0 Å². The second-order valence-electron chi connectivity index (χ2n) is 7.19. The lowest BCUT2D eigenvalue weighted by Crippen LogP contribution is -2.38. The molecule has 1 N–H and O–H groups in total. The van der Waals surface area contributed by atoms with E-state index in [2.05, 4.69) is 15.5 Å². The predicted molar refractivity (Wildman–Crippen MR) is 99.9 cm³/mol. The fourth-order valence-corrected chi connectivity index (χ4v) is 3.14. The van der Waals surface area contributed by atoms with Crippen molar-refractivity contribution in [1.82, 2.24) is 34.7 Å². The summed E-state index contributed by atoms with van der Waals surface area (Å²) >= 11 is 0. The number of amides is 3. The maximum atomic E-state index is 12.4. The van der Waals surface area contributed by atoms with Gasteiger partial charge < -0.3 is 15.1 Å². The number of carbonyl (C=O) groups is 2. The molecule has 0 saturated heterocycles. The van der Waals surface area contributed by atoms with Crippen molar-refractivity contribution < 1.29 is 9.59 Å². The largest absolute Gasteiger partial charge is 0.349 e. The molecule has 1 atom stereocenters. The number of urea groups is 1. The molecular formula is C18H27N7O2. The summed E-state index contributed by atoms with van der Waals surface area (Å²) in [6, 6.07) is 1.58. The Morgan fingerprint density at radius 2 is 2.11 bits per heavy atom. The van der Waals surface area contributed by atoms with Crippen LogP contribution in [0.4, 0.5) is 4.79 Å². The smallest absolute Gasteiger partial charge is 0.319 e. The average molecular weight is 373 g/mol. The van der Waals surface area contributed by atoms with E-state index in [1.807, 2.05) is 35.7 Å². The maximum absolute atomic E-state index is 12.4. The molecule has 0 unspecified atom stereocenters. The molecule has 0 aromatic carbocycles. The molecule has 3 heterocycles. The van der Waals surface area contributed by atoms with Crippen LogP contribution in [-0.4, -0.2) is 61.9 Å². The predicted octanol–water partition coefficient (Wildman–Crippen LogP) is 1.15. The minimum Gasteiger partial charge on any atom is -0.349 e. The van der Waals surface area contributed by atoms with Gasteiger partial charge in [-0.15, -0.1) is 0 Å². The number of hydrogen-bond donors (Lipinski definition) is 1. The summed E-state index contributed by atoms with van der Waals surface area (Å²) in [5, 5.41) is 11.7. The lowest BCUT2D eigenvalue weighted by Gasteiger charge is -2.23. The third kappa shape index (κ3) is 4.29. The summed E-state index contributed by atoms with van der Waals surface area (Å²) in [6.07, 6.45) is 4.44. The Hall–Kier alpha value is -2.84. The van der Waals surface area contributed by atoms with Gasteiger partial charge in [0.1, 0.15) is 6.04 Å². The van der Waals surface area contributed by atoms with Gasteiger partial charge >= 0.3 is 6.03 Å². The lowest BCUT2D eigenvalue weighted by atomic mass is 10.3. The first kappa shape index (κ1) is 18.9. The minimum absolute atomic E-state index is 0.00263. The molecule has 2 aromatic rings. The maximum Gasteiger partial charge on any atom is 0.319 e. The monoisotopic (exact) mass is 373 g/mol. The molecule has 3 rings (SSSR count). The van der Waals surface area contributed by atoms with Crippen LogP contribution in [-0.2, 0) is 24.4 Å². The highest BCUT2D eigenvalue weighted by molar-refractivity contribution is 5.79. The first-order valence-electron chi connectivity index (χ1n) is 9.15. The fraction of sp³-hybridized carbons (Fsp3) is 0.556. The molecule has 1 aliphatic heterocycles. The van der Waals surface area contributed by atoms with E-state index in [-0.39, 0.29) is 18.0 Å². The van der Waals surface area contributed by atoms with Gasteiger partial charge in [0.05, 0.1) is 30.7 Å². The van der Waals surface area contributed by atoms with E-state index in [1.54, 1.807) is 29.9 Å². The van der Waals surface area contributed by atoms with Gasteiger partial charge in [0.2, 0.25) is 5.91 Å². The minimum atomic E-state index is -0.382. The van der Waals surface area contributed by atoms with E-state index >= 15 is 0 Å². The zero-order valence-corrected chi connectivity index (χ0v) is 16.3. The molecule has 0 radical (unpaired) electrons. The Morgan fingerprint density at radius 1 is 1.33 bits per heavy atom. The number of carbonyl (C=O) groups excluding carboxylic acids is 2. The molecule has 0 fully saturated rings. The number of nitrogens with zero attached hydrogens (tertiary/aromatic N) is 6. The molecule has 9 nitrogen and oxygen atoms in total. The third-order valence-corrected chi connectivity index (χ3v) is 4.67. The van der Waals surface area contributed by atoms with Crippen molar-refractivity contribution in [3.8, 4) is 0 Å². The first-order chi connectivity index (χ1) is 12.8. The molecule has 9 heteroatoms. The molecule has 146 valence electrons. The summed E-state index contributed by atoms with van der Waals surface area (Å²) in [4.78, 5) is 28.0. The van der Waals surface area contributed by atoms with Gasteiger partial charge in [-0.2, -0.15) is 10.2 Å². The molecule has 3 amide bonds. The SMILES string of the molecule is Cc1cnn([C@H](C)C(=O)NCc2cc3n(n2)CCCN(C(=O)N(C)C)C3)c1. The van der Waals surface area contributed by atoms with Gasteiger partial charge in [-0.05, 0) is 31.9 Å². The lowest BCUT2D eigenvalue weighted by molar-refractivity contribution is -0.124. The van der Waals surface area contributed by atoms with Crippen LogP contribution in [0, 0.1) is 6.92 Å². The van der Waals surface area contributed by atoms with Crippen molar-refractivity contribution in [3.05, 3.63) is 35.4 Å². The van der Waals surface area contributed by atoms with Crippen LogP contribution in [0.5, 0.6) is 0 Å². The molecule has 27 heavy (non-hydrogen) atoms. The summed E-state index contributed by atoms with van der Waals surface area (Å²) in [7, 11) is 3.52. The van der Waals surface area contributed by atoms with Crippen LogP contribution < -0.4 is 5.32 Å². The molecule has 0 saturated carbocycles. The number of hydrogen-bond acceptors (Lipinski definition) is 4. The number of rotatable bonds is 4. The van der Waals surface area contributed by atoms with Gasteiger partial charge in [-0.3, -0.25) is 14.2 Å². The number of aromatic nitrogens is 4. The van der Waals surface area contributed by atoms with Crippen molar-refractivity contribution in [2.75, 3.05) is 20.6 Å². The van der Waals surface area contributed by atoms with Gasteiger partial charge in [0, 0.05) is 33.4 Å². The second-order valence-corrected chi connectivity index (χ2v) is 7.19. The zero-order chi connectivity index (χ0) is 19.6. The first-order valence-corrected chi connectivity index (χ1v) is 9.15. The van der Waals surface area contributed by atoms with Gasteiger partial charge in [-0.25, -0.2) is 4.79 Å². The van der Waals surface area contributed by atoms with Gasteiger partial charge in [-0.1, -0.05) is 0 Å². The van der Waals surface area contributed by atoms with Crippen LogP contribution in [0.25, 0.3) is 0 Å². The van der Waals surface area contributed by atoms with E-state index in [9.17, 15) is 9.59 Å². The number of nitrogens with one attached hydrogen (secondary N) is 1. The van der Waals surface area contributed by atoms with Crippen molar-refractivity contribution in [3.63, 3.8) is 0 Å². The number of fused-ring (bicyclic) bond motifs is 1. The number of aryl methyl sites for hydroxylation is 2. The Labute approximate surface area is 158 Å². The Bertz CT molecular complexity index is 824. The van der Waals surface area contributed by atoms with Crippen LogP contribution in [0.2, 0.25) is 0 Å². The zero-order valence-electron chi connectivity index (χ0n) is 16.3. The summed E-state index contributed by atoms with van der Waals surface area (Å²) in [5.74, 6) is -0.106. The van der Waals surface area contributed by atoms with Crippen molar-refractivity contribution in [2.24, 2.45) is 0 Å². The van der Waals surface area contributed by atoms with Crippen LogP contribution in [0.15, 0.2) is 18.5 Å². The molecular weight excluding hydrogens is 346 g/mol. The van der Waals surface area contributed by atoms with Crippen LogP contribution in [0.3, 0.4) is 0 Å². The summed E-state index contributed by atoms with van der Waals surface area (Å²) < 4.78 is 3.59. The standard InChI is InChI=1S/C18H27N7O2/c1-13-9-20-25(11-13)14(2)17(26)19-10-15-8-16-12-23(18(27)22(3)4)6-5-7-24(16)21-15/h8-9,11,14H,5-7,10,12H2,1-4H3,(H,19,26)/t14-/m1/s1. The highest BCUT2D eigenvalue weighted by Gasteiger charge is 2.22. The molecule has 1 aliphatic rings. The Morgan fingerprint density at radius 3 is 2.78 bits per heavy atom. The summed E-state index contributed by atoms with van der Waals surface area (Å²) in [5.41, 5.74) is 2.80. The quantitative estimate of drug-likeness (QED) is 0.871. The van der Waals surface area contributed by atoms with Crippen LogP contribution >= 0.6 is 0 Å². The van der Waals surface area contributed by atoms with E-state index in [0.29, 0.717) is 19.6 Å². The van der Waals surface area contributed by atoms with Crippen molar-refractivity contribution in [1.29, 1.82) is 0 Å². The van der Waals surface area contributed by atoms with Crippen molar-refractivity contribution in [2.45, 2.75) is 45.9 Å². The Balaban J connectivity index is 1.62. The molecule has 2 aromatic heterocycles.